The summed E-state index contributed by atoms with van der Waals surface area (Å²) >= 11 is 0. The van der Waals surface area contributed by atoms with Crippen LogP contribution < -0.4 is 9.46 Å². The first-order valence-electron chi connectivity index (χ1n) is 8.64. The summed E-state index contributed by atoms with van der Waals surface area (Å²) in [6, 6.07) is 6.17. The minimum atomic E-state index is -5.02. The van der Waals surface area contributed by atoms with Crippen LogP contribution in [0, 0.1) is 5.82 Å². The lowest BCUT2D eigenvalue weighted by atomic mass is 10.3. The Kier molecular flexibility index (Phi) is 6.45. The predicted molar refractivity (Wildman–Crippen MR) is 99.9 cm³/mol. The first-order valence-corrected chi connectivity index (χ1v) is 11.6. The summed E-state index contributed by atoms with van der Waals surface area (Å²) in [7, 11) is -8.70. The van der Waals surface area contributed by atoms with Crippen LogP contribution in [0.15, 0.2) is 52.3 Å². The molecule has 14 heteroatoms. The third-order valence-electron chi connectivity index (χ3n) is 4.12. The Bertz CT molecular complexity index is 1160. The highest BCUT2D eigenvalue weighted by atomic mass is 32.2. The Morgan fingerprint density at radius 1 is 1.00 bits per heavy atom. The standard InChI is InChI=1S/C17H16F4N2O6S2/c18-15-5-4-12(10-16(15)31(26,27)23-6-8-28-9-7-23)22-30(24,25)14-3-1-2-13(11-14)29-17(19,20)21/h1-5,10-11,22H,6-9H2. The molecule has 1 saturated heterocycles. The number of alkyl halides is 3. The van der Waals surface area contributed by atoms with Crippen LogP contribution in [0.3, 0.4) is 0 Å². The largest absolute Gasteiger partial charge is 0.573 e. The fraction of sp³-hybridized carbons (Fsp3) is 0.294. The average Bonchev–Trinajstić information content (AvgIpc) is 2.69. The number of hydrogen-bond acceptors (Lipinski definition) is 6. The van der Waals surface area contributed by atoms with Gasteiger partial charge in [0.15, 0.2) is 0 Å². The van der Waals surface area contributed by atoms with Crippen LogP contribution in [0.2, 0.25) is 0 Å². The molecule has 0 bridgehead atoms. The number of nitrogens with zero attached hydrogens (tertiary/aromatic N) is 1. The van der Waals surface area contributed by atoms with E-state index in [0.717, 1.165) is 40.7 Å². The van der Waals surface area contributed by atoms with Gasteiger partial charge in [-0.25, -0.2) is 21.2 Å². The number of rotatable bonds is 6. The summed E-state index contributed by atoms with van der Waals surface area (Å²) in [6.07, 6.45) is -5.02. The van der Waals surface area contributed by atoms with Crippen molar-refractivity contribution in [3.63, 3.8) is 0 Å². The van der Waals surface area contributed by atoms with E-state index in [1.165, 1.54) is 0 Å². The monoisotopic (exact) mass is 484 g/mol. The van der Waals surface area contributed by atoms with E-state index in [1.54, 1.807) is 0 Å². The second kappa shape index (κ2) is 8.61. The van der Waals surface area contributed by atoms with Gasteiger partial charge in [-0.05, 0) is 30.3 Å². The van der Waals surface area contributed by atoms with Gasteiger partial charge in [0.25, 0.3) is 10.0 Å². The van der Waals surface area contributed by atoms with Crippen LogP contribution in [0.4, 0.5) is 23.2 Å². The van der Waals surface area contributed by atoms with Crippen LogP contribution in [0.1, 0.15) is 0 Å². The molecule has 8 nitrogen and oxygen atoms in total. The minimum Gasteiger partial charge on any atom is -0.406 e. The smallest absolute Gasteiger partial charge is 0.406 e. The van der Waals surface area contributed by atoms with Gasteiger partial charge in [-0.1, -0.05) is 6.07 Å². The second-order valence-corrected chi connectivity index (χ2v) is 9.88. The number of ether oxygens (including phenoxy) is 2. The van der Waals surface area contributed by atoms with E-state index in [1.807, 2.05) is 4.72 Å². The van der Waals surface area contributed by atoms with Gasteiger partial charge in [0, 0.05) is 19.2 Å². The maximum absolute atomic E-state index is 14.2. The lowest BCUT2D eigenvalue weighted by molar-refractivity contribution is -0.274. The summed E-state index contributed by atoms with van der Waals surface area (Å²) in [6.45, 7) is 0.264. The molecule has 1 fully saturated rings. The number of anilines is 1. The molecule has 1 heterocycles. The molecule has 2 aromatic rings. The van der Waals surface area contributed by atoms with Gasteiger partial charge in [-0.2, -0.15) is 4.31 Å². The molecule has 0 spiro atoms. The molecule has 0 amide bonds. The van der Waals surface area contributed by atoms with Crippen LogP contribution in [0.5, 0.6) is 5.75 Å². The molecule has 0 atom stereocenters. The van der Waals surface area contributed by atoms with Crippen molar-refractivity contribution in [3.8, 4) is 5.75 Å². The van der Waals surface area contributed by atoms with E-state index in [-0.39, 0.29) is 32.0 Å². The van der Waals surface area contributed by atoms with Gasteiger partial charge < -0.3 is 9.47 Å². The SMILES string of the molecule is O=S(=O)(Nc1ccc(F)c(S(=O)(=O)N2CCOCC2)c1)c1cccc(OC(F)(F)F)c1. The van der Waals surface area contributed by atoms with Crippen LogP contribution in [-0.2, 0) is 24.8 Å². The van der Waals surface area contributed by atoms with Crippen molar-refractivity contribution >= 4 is 25.7 Å². The third kappa shape index (κ3) is 5.64. The summed E-state index contributed by atoms with van der Waals surface area (Å²) in [5.41, 5.74) is -0.296. The van der Waals surface area contributed by atoms with Crippen molar-refractivity contribution in [1.82, 2.24) is 4.31 Å². The first kappa shape index (κ1) is 23.2. The van der Waals surface area contributed by atoms with Crippen molar-refractivity contribution in [2.24, 2.45) is 0 Å². The molecule has 31 heavy (non-hydrogen) atoms. The second-order valence-electron chi connectivity index (χ2n) is 6.29. The van der Waals surface area contributed by atoms with Gasteiger partial charge >= 0.3 is 6.36 Å². The maximum atomic E-state index is 14.2. The lowest BCUT2D eigenvalue weighted by Crippen LogP contribution is -2.40. The van der Waals surface area contributed by atoms with Crippen molar-refractivity contribution in [2.45, 2.75) is 16.2 Å². The number of nitrogens with one attached hydrogen (secondary N) is 1. The van der Waals surface area contributed by atoms with E-state index in [9.17, 15) is 34.4 Å². The Balaban J connectivity index is 1.89. The molecule has 0 radical (unpaired) electrons. The molecule has 1 aliphatic rings. The summed E-state index contributed by atoms with van der Waals surface area (Å²) < 4.78 is 114. The molecule has 1 N–H and O–H groups in total. The molecule has 0 aliphatic carbocycles. The minimum absolute atomic E-state index is 0.00370. The molecule has 170 valence electrons. The van der Waals surface area contributed by atoms with Gasteiger partial charge in [0.1, 0.15) is 16.5 Å². The summed E-state index contributed by atoms with van der Waals surface area (Å²) in [5.74, 6) is -1.85. The molecule has 3 rings (SSSR count). The van der Waals surface area contributed by atoms with Crippen LogP contribution in [-0.4, -0.2) is 53.8 Å². The maximum Gasteiger partial charge on any atom is 0.573 e. The molecule has 2 aromatic carbocycles. The van der Waals surface area contributed by atoms with E-state index in [4.69, 9.17) is 4.74 Å². The van der Waals surface area contributed by atoms with Gasteiger partial charge in [0.05, 0.1) is 23.8 Å². The van der Waals surface area contributed by atoms with Gasteiger partial charge in [0.2, 0.25) is 10.0 Å². The van der Waals surface area contributed by atoms with Gasteiger partial charge in [-0.15, -0.1) is 13.2 Å². The fourth-order valence-corrected chi connectivity index (χ4v) is 5.33. The molecule has 0 aromatic heterocycles. The number of sulfonamides is 2. The quantitative estimate of drug-likeness (QED) is 0.633. The zero-order valence-corrected chi connectivity index (χ0v) is 17.2. The van der Waals surface area contributed by atoms with Crippen LogP contribution in [0.25, 0.3) is 0 Å². The van der Waals surface area contributed by atoms with E-state index in [2.05, 4.69) is 4.74 Å². The van der Waals surface area contributed by atoms with Crippen LogP contribution >= 0.6 is 0 Å². The van der Waals surface area contributed by atoms with E-state index < -0.39 is 47.8 Å². The highest BCUT2D eigenvalue weighted by Crippen LogP contribution is 2.28. The van der Waals surface area contributed by atoms with E-state index >= 15 is 0 Å². The average molecular weight is 484 g/mol. The molecule has 0 unspecified atom stereocenters. The first-order chi connectivity index (χ1) is 14.4. The van der Waals surface area contributed by atoms with Crippen molar-refractivity contribution < 1.29 is 43.9 Å². The number of halogens is 4. The number of morpholine rings is 1. The predicted octanol–water partition coefficient (Wildman–Crippen LogP) is 2.55. The summed E-state index contributed by atoms with van der Waals surface area (Å²) in [5, 5.41) is 0. The molecule has 1 aliphatic heterocycles. The normalized spacial score (nSPS) is 16.1. The highest BCUT2D eigenvalue weighted by Gasteiger charge is 2.32. The molecular formula is C17H16F4N2O6S2. The zero-order chi connectivity index (χ0) is 22.9. The summed E-state index contributed by atoms with van der Waals surface area (Å²) in [4.78, 5) is -1.32. The topological polar surface area (TPSA) is 102 Å². The van der Waals surface area contributed by atoms with Crippen molar-refractivity contribution in [1.29, 1.82) is 0 Å². The Morgan fingerprint density at radius 3 is 2.32 bits per heavy atom. The Hall–Kier alpha value is -2.42. The highest BCUT2D eigenvalue weighted by molar-refractivity contribution is 7.92. The fourth-order valence-electron chi connectivity index (χ4n) is 2.74. The Labute approximate surface area is 175 Å². The van der Waals surface area contributed by atoms with E-state index in [0.29, 0.717) is 6.07 Å². The van der Waals surface area contributed by atoms with Gasteiger partial charge in [-0.3, -0.25) is 4.72 Å². The third-order valence-corrected chi connectivity index (χ3v) is 7.41. The van der Waals surface area contributed by atoms with Crippen molar-refractivity contribution in [3.05, 3.63) is 48.3 Å². The zero-order valence-electron chi connectivity index (χ0n) is 15.6. The molecular weight excluding hydrogens is 468 g/mol. The van der Waals surface area contributed by atoms with Crippen molar-refractivity contribution in [2.75, 3.05) is 31.0 Å². The number of hydrogen-bond donors (Lipinski definition) is 1. The lowest BCUT2D eigenvalue weighted by Gasteiger charge is -2.26. The Morgan fingerprint density at radius 2 is 1.68 bits per heavy atom. The molecule has 0 saturated carbocycles. The number of benzene rings is 2.